The van der Waals surface area contributed by atoms with Crippen LogP contribution < -0.4 is 5.32 Å². The topological polar surface area (TPSA) is 32.3 Å². The van der Waals surface area contributed by atoms with E-state index in [4.69, 9.17) is 23.2 Å². The quantitative estimate of drug-likeness (QED) is 0.906. The SMILES string of the molecule is C[C@@H](C(=O)NC1CC1)N(C)Cc1ccc(Cl)c(Cl)c1. The van der Waals surface area contributed by atoms with Crippen LogP contribution in [0.3, 0.4) is 0 Å². The maximum Gasteiger partial charge on any atom is 0.237 e. The standard InChI is InChI=1S/C14H18Cl2N2O/c1-9(14(19)17-11-4-5-11)18(2)8-10-3-6-12(15)13(16)7-10/h3,6-7,9,11H,4-5,8H2,1-2H3,(H,17,19)/t9-/m0/s1. The van der Waals surface area contributed by atoms with Gasteiger partial charge in [-0.05, 0) is 44.5 Å². The third-order valence-corrected chi connectivity index (χ3v) is 4.12. The van der Waals surface area contributed by atoms with Gasteiger partial charge in [0.2, 0.25) is 5.91 Å². The van der Waals surface area contributed by atoms with Crippen LogP contribution in [0.1, 0.15) is 25.3 Å². The van der Waals surface area contributed by atoms with Crippen molar-refractivity contribution in [3.8, 4) is 0 Å². The Bertz CT molecular complexity index is 475. The Morgan fingerprint density at radius 1 is 1.42 bits per heavy atom. The van der Waals surface area contributed by atoms with Gasteiger partial charge >= 0.3 is 0 Å². The normalized spacial score (nSPS) is 16.5. The number of carbonyl (C=O) groups is 1. The van der Waals surface area contributed by atoms with E-state index >= 15 is 0 Å². The second-order valence-corrected chi connectivity index (χ2v) is 5.94. The third-order valence-electron chi connectivity index (χ3n) is 3.38. The van der Waals surface area contributed by atoms with Crippen molar-refractivity contribution in [2.24, 2.45) is 0 Å². The van der Waals surface area contributed by atoms with Crippen LogP contribution in [0.4, 0.5) is 0 Å². The van der Waals surface area contributed by atoms with Gasteiger partial charge in [0.25, 0.3) is 0 Å². The van der Waals surface area contributed by atoms with Crippen LogP contribution in [0.25, 0.3) is 0 Å². The highest BCUT2D eigenvalue weighted by molar-refractivity contribution is 6.42. The van der Waals surface area contributed by atoms with Crippen molar-refractivity contribution < 1.29 is 4.79 Å². The number of rotatable bonds is 5. The first-order valence-electron chi connectivity index (χ1n) is 6.42. The summed E-state index contributed by atoms with van der Waals surface area (Å²) in [6.45, 7) is 2.57. The molecule has 104 valence electrons. The van der Waals surface area contributed by atoms with Gasteiger partial charge in [-0.15, -0.1) is 0 Å². The molecule has 0 spiro atoms. The summed E-state index contributed by atoms with van der Waals surface area (Å²) in [6.07, 6.45) is 2.21. The highest BCUT2D eigenvalue weighted by Gasteiger charge is 2.27. The number of benzene rings is 1. The average Bonchev–Trinajstić information content (AvgIpc) is 3.16. The van der Waals surface area contributed by atoms with E-state index in [2.05, 4.69) is 5.32 Å². The molecule has 1 saturated carbocycles. The summed E-state index contributed by atoms with van der Waals surface area (Å²) in [4.78, 5) is 13.9. The van der Waals surface area contributed by atoms with Crippen molar-refractivity contribution in [2.75, 3.05) is 7.05 Å². The average molecular weight is 301 g/mol. The van der Waals surface area contributed by atoms with Gasteiger partial charge in [0.05, 0.1) is 16.1 Å². The van der Waals surface area contributed by atoms with E-state index in [1.54, 1.807) is 6.07 Å². The minimum atomic E-state index is -0.157. The second kappa shape index (κ2) is 6.12. The van der Waals surface area contributed by atoms with Crippen LogP contribution in [0, 0.1) is 0 Å². The van der Waals surface area contributed by atoms with Crippen LogP contribution in [-0.4, -0.2) is 29.9 Å². The van der Waals surface area contributed by atoms with Crippen LogP contribution >= 0.6 is 23.2 Å². The lowest BCUT2D eigenvalue weighted by molar-refractivity contribution is -0.125. The number of nitrogens with zero attached hydrogens (tertiary/aromatic N) is 1. The zero-order valence-corrected chi connectivity index (χ0v) is 12.6. The van der Waals surface area contributed by atoms with Crippen LogP contribution in [0.5, 0.6) is 0 Å². The van der Waals surface area contributed by atoms with Gasteiger partial charge in [0.15, 0.2) is 0 Å². The first kappa shape index (κ1) is 14.6. The number of likely N-dealkylation sites (N-methyl/N-ethyl adjacent to an activating group) is 1. The Kier molecular flexibility index (Phi) is 4.71. The molecule has 19 heavy (non-hydrogen) atoms. The summed E-state index contributed by atoms with van der Waals surface area (Å²) in [7, 11) is 1.93. The molecule has 0 aliphatic heterocycles. The van der Waals surface area contributed by atoms with Gasteiger partial charge in [-0.1, -0.05) is 29.3 Å². The number of halogens is 2. The highest BCUT2D eigenvalue weighted by Crippen LogP contribution is 2.23. The molecule has 2 rings (SSSR count). The molecule has 0 radical (unpaired) electrons. The van der Waals surface area contributed by atoms with Gasteiger partial charge in [-0.3, -0.25) is 9.69 Å². The smallest absolute Gasteiger partial charge is 0.237 e. The summed E-state index contributed by atoms with van der Waals surface area (Å²) in [5.41, 5.74) is 1.04. The molecule has 1 N–H and O–H groups in total. The number of carbonyl (C=O) groups excluding carboxylic acids is 1. The van der Waals surface area contributed by atoms with Crippen LogP contribution in [-0.2, 0) is 11.3 Å². The van der Waals surface area contributed by atoms with E-state index in [0.717, 1.165) is 18.4 Å². The zero-order chi connectivity index (χ0) is 14.0. The minimum Gasteiger partial charge on any atom is -0.352 e. The van der Waals surface area contributed by atoms with Crippen molar-refractivity contribution >= 4 is 29.1 Å². The fourth-order valence-corrected chi connectivity index (χ4v) is 2.13. The molecule has 1 amide bonds. The molecule has 1 aromatic rings. The molecule has 1 aliphatic carbocycles. The molecule has 0 saturated heterocycles. The fraction of sp³-hybridized carbons (Fsp3) is 0.500. The Morgan fingerprint density at radius 2 is 2.11 bits per heavy atom. The zero-order valence-electron chi connectivity index (χ0n) is 11.1. The molecule has 1 aliphatic rings. The number of amides is 1. The summed E-state index contributed by atoms with van der Waals surface area (Å²) in [5, 5.41) is 4.11. The third kappa shape index (κ3) is 4.10. The van der Waals surface area contributed by atoms with E-state index in [9.17, 15) is 4.79 Å². The Hall–Kier alpha value is -0.770. The maximum atomic E-state index is 11.9. The van der Waals surface area contributed by atoms with Gasteiger partial charge in [-0.2, -0.15) is 0 Å². The lowest BCUT2D eigenvalue weighted by atomic mass is 10.2. The Labute approximate surface area is 123 Å². The molecule has 3 nitrogen and oxygen atoms in total. The van der Waals surface area contributed by atoms with Gasteiger partial charge < -0.3 is 5.32 Å². The predicted molar refractivity (Wildman–Crippen MR) is 78.6 cm³/mol. The lowest BCUT2D eigenvalue weighted by Gasteiger charge is -2.24. The maximum absolute atomic E-state index is 11.9. The summed E-state index contributed by atoms with van der Waals surface area (Å²) in [6, 6.07) is 5.79. The van der Waals surface area contributed by atoms with Crippen LogP contribution in [0.15, 0.2) is 18.2 Å². The second-order valence-electron chi connectivity index (χ2n) is 5.12. The Morgan fingerprint density at radius 3 is 2.68 bits per heavy atom. The number of hydrogen-bond donors (Lipinski definition) is 1. The number of hydrogen-bond acceptors (Lipinski definition) is 2. The van der Waals surface area contributed by atoms with E-state index in [1.807, 2.05) is 31.0 Å². The molecule has 5 heteroatoms. The monoisotopic (exact) mass is 300 g/mol. The minimum absolute atomic E-state index is 0.0880. The fourth-order valence-electron chi connectivity index (χ4n) is 1.81. The first-order chi connectivity index (χ1) is 8.97. The van der Waals surface area contributed by atoms with Gasteiger partial charge in [0.1, 0.15) is 0 Å². The first-order valence-corrected chi connectivity index (χ1v) is 7.17. The van der Waals surface area contributed by atoms with Crippen molar-refractivity contribution in [3.63, 3.8) is 0 Å². The molecule has 0 aromatic heterocycles. The van der Waals surface area contributed by atoms with Crippen molar-refractivity contribution in [2.45, 2.75) is 38.4 Å². The lowest BCUT2D eigenvalue weighted by Crippen LogP contribution is -2.43. The van der Waals surface area contributed by atoms with Gasteiger partial charge in [-0.25, -0.2) is 0 Å². The van der Waals surface area contributed by atoms with Gasteiger partial charge in [0, 0.05) is 12.6 Å². The van der Waals surface area contributed by atoms with Crippen molar-refractivity contribution in [1.82, 2.24) is 10.2 Å². The van der Waals surface area contributed by atoms with E-state index in [1.165, 1.54) is 0 Å². The highest BCUT2D eigenvalue weighted by atomic mass is 35.5. The molecule has 1 atom stereocenters. The molecule has 1 aromatic carbocycles. The molecular weight excluding hydrogens is 283 g/mol. The van der Waals surface area contributed by atoms with Crippen LogP contribution in [0.2, 0.25) is 10.0 Å². The van der Waals surface area contributed by atoms with E-state index < -0.39 is 0 Å². The summed E-state index contributed by atoms with van der Waals surface area (Å²) < 4.78 is 0. The number of nitrogens with one attached hydrogen (secondary N) is 1. The Balaban J connectivity index is 1.92. The molecule has 0 heterocycles. The summed E-state index contributed by atoms with van der Waals surface area (Å²) in [5.74, 6) is 0.0880. The van der Waals surface area contributed by atoms with E-state index in [-0.39, 0.29) is 11.9 Å². The molecule has 0 bridgehead atoms. The molecular formula is C14H18Cl2N2O. The summed E-state index contributed by atoms with van der Waals surface area (Å²) >= 11 is 11.9. The van der Waals surface area contributed by atoms with E-state index in [0.29, 0.717) is 22.6 Å². The molecule has 0 unspecified atom stereocenters. The largest absolute Gasteiger partial charge is 0.352 e. The van der Waals surface area contributed by atoms with Crippen molar-refractivity contribution in [3.05, 3.63) is 33.8 Å². The molecule has 1 fully saturated rings. The van der Waals surface area contributed by atoms with Crippen molar-refractivity contribution in [1.29, 1.82) is 0 Å². The predicted octanol–water partition coefficient (Wildman–Crippen LogP) is 3.09.